The van der Waals surface area contributed by atoms with E-state index in [0.717, 1.165) is 17.5 Å². The summed E-state index contributed by atoms with van der Waals surface area (Å²) in [6, 6.07) is 4.99. The van der Waals surface area contributed by atoms with E-state index < -0.39 is 6.10 Å². The minimum absolute atomic E-state index is 0.168. The van der Waals surface area contributed by atoms with Crippen molar-refractivity contribution in [2.75, 3.05) is 44.8 Å². The summed E-state index contributed by atoms with van der Waals surface area (Å²) in [6.45, 7) is 11.5. The summed E-state index contributed by atoms with van der Waals surface area (Å²) in [7, 11) is 0. The second-order valence-corrected chi connectivity index (χ2v) is 10.4. The SMILES string of the molecule is CCC[C@@H](O)COc1ccc(Cl)c(-c2nc(NC[C@H]3COCCN3C(=O)OCC)c(C)c(-c3c(C)noc3C)n2)c1. The number of aromatic nitrogens is 3. The molecule has 2 atom stereocenters. The van der Waals surface area contributed by atoms with Gasteiger partial charge in [0.05, 0.1) is 53.9 Å². The van der Waals surface area contributed by atoms with Gasteiger partial charge in [0.1, 0.15) is 23.9 Å². The molecule has 12 heteroatoms. The fourth-order valence-electron chi connectivity index (χ4n) is 4.73. The Morgan fingerprint density at radius 3 is 2.78 bits per heavy atom. The summed E-state index contributed by atoms with van der Waals surface area (Å²) in [6.07, 6.45) is 0.580. The standard InChI is InChI=1S/C29H38ClN5O6/c1-6-8-21(36)16-40-22-9-10-24(30)23(13-22)28-32-26(25-18(4)34-41-19(25)5)17(3)27(33-28)31-14-20-15-38-12-11-35(20)29(37)39-7-2/h9-10,13,20-21,36H,6-8,11-12,14-16H2,1-5H3,(H,31,32,33)/t20-,21+/m0/s1. The Balaban J connectivity index is 1.70. The van der Waals surface area contributed by atoms with E-state index in [1.165, 1.54) is 0 Å². The molecule has 1 amide bonds. The van der Waals surface area contributed by atoms with E-state index in [9.17, 15) is 9.90 Å². The molecular formula is C29H38ClN5O6. The number of carbonyl (C=O) groups excluding carboxylic acids is 1. The third-order valence-corrected chi connectivity index (χ3v) is 7.22. The molecule has 0 radical (unpaired) electrons. The van der Waals surface area contributed by atoms with Crippen molar-refractivity contribution in [1.82, 2.24) is 20.0 Å². The molecule has 1 aliphatic rings. The molecule has 4 rings (SSSR count). The molecule has 2 aromatic heterocycles. The highest BCUT2D eigenvalue weighted by Crippen LogP contribution is 2.36. The Hall–Kier alpha value is -3.41. The Morgan fingerprint density at radius 2 is 2.07 bits per heavy atom. The van der Waals surface area contributed by atoms with Crippen LogP contribution in [0.2, 0.25) is 5.02 Å². The average Bonchev–Trinajstić information content (AvgIpc) is 3.29. The fourth-order valence-corrected chi connectivity index (χ4v) is 4.94. The van der Waals surface area contributed by atoms with Crippen LogP contribution in [0.5, 0.6) is 5.75 Å². The molecule has 0 unspecified atom stereocenters. The normalized spacial score (nSPS) is 16.0. The van der Waals surface area contributed by atoms with Crippen molar-refractivity contribution in [2.45, 2.75) is 59.6 Å². The Morgan fingerprint density at radius 1 is 1.27 bits per heavy atom. The van der Waals surface area contributed by atoms with Crippen molar-refractivity contribution >= 4 is 23.5 Å². The van der Waals surface area contributed by atoms with Crippen LogP contribution in [0.15, 0.2) is 22.7 Å². The van der Waals surface area contributed by atoms with Crippen LogP contribution < -0.4 is 10.1 Å². The zero-order valence-electron chi connectivity index (χ0n) is 24.2. The van der Waals surface area contributed by atoms with Gasteiger partial charge in [-0.3, -0.25) is 4.90 Å². The molecular weight excluding hydrogens is 550 g/mol. The van der Waals surface area contributed by atoms with Gasteiger partial charge in [0.2, 0.25) is 0 Å². The Bertz CT molecular complexity index is 1330. The summed E-state index contributed by atoms with van der Waals surface area (Å²) in [5.41, 5.74) is 3.47. The highest BCUT2D eigenvalue weighted by atomic mass is 35.5. The van der Waals surface area contributed by atoms with Gasteiger partial charge in [-0.05, 0) is 52.3 Å². The first-order valence-corrected chi connectivity index (χ1v) is 14.3. The lowest BCUT2D eigenvalue weighted by Gasteiger charge is -2.35. The molecule has 1 aromatic carbocycles. The van der Waals surface area contributed by atoms with Crippen LogP contribution >= 0.6 is 11.6 Å². The number of aryl methyl sites for hydroxylation is 2. The zero-order chi connectivity index (χ0) is 29.5. The minimum atomic E-state index is -0.561. The van der Waals surface area contributed by atoms with Gasteiger partial charge in [0.25, 0.3) is 0 Å². The summed E-state index contributed by atoms with van der Waals surface area (Å²) < 4.78 is 22.2. The number of halogens is 1. The van der Waals surface area contributed by atoms with Gasteiger partial charge in [0.15, 0.2) is 5.82 Å². The third-order valence-electron chi connectivity index (χ3n) is 6.89. The largest absolute Gasteiger partial charge is 0.491 e. The van der Waals surface area contributed by atoms with Crippen LogP contribution in [0.3, 0.4) is 0 Å². The molecule has 222 valence electrons. The second kappa shape index (κ2) is 14.0. The van der Waals surface area contributed by atoms with Gasteiger partial charge in [-0.1, -0.05) is 30.1 Å². The highest BCUT2D eigenvalue weighted by Gasteiger charge is 2.29. The number of aliphatic hydroxyl groups excluding tert-OH is 1. The number of rotatable bonds is 11. The number of nitrogens with zero attached hydrogens (tertiary/aromatic N) is 4. The van der Waals surface area contributed by atoms with E-state index in [1.807, 2.05) is 27.7 Å². The van der Waals surface area contributed by atoms with Crippen LogP contribution in [0.25, 0.3) is 22.6 Å². The van der Waals surface area contributed by atoms with Gasteiger partial charge < -0.3 is 29.2 Å². The first-order chi connectivity index (χ1) is 19.7. The predicted molar refractivity (Wildman–Crippen MR) is 155 cm³/mol. The van der Waals surface area contributed by atoms with Gasteiger partial charge >= 0.3 is 6.09 Å². The number of hydrogen-bond acceptors (Lipinski definition) is 10. The molecule has 41 heavy (non-hydrogen) atoms. The Kier molecular flexibility index (Phi) is 10.4. The Labute approximate surface area is 245 Å². The maximum absolute atomic E-state index is 12.5. The van der Waals surface area contributed by atoms with Crippen molar-refractivity contribution in [3.63, 3.8) is 0 Å². The molecule has 11 nitrogen and oxygen atoms in total. The van der Waals surface area contributed by atoms with Gasteiger partial charge in [0, 0.05) is 24.2 Å². The lowest BCUT2D eigenvalue weighted by Crippen LogP contribution is -2.52. The molecule has 1 saturated heterocycles. The number of amides is 1. The summed E-state index contributed by atoms with van der Waals surface area (Å²) >= 11 is 6.65. The number of ether oxygens (including phenoxy) is 3. The number of anilines is 1. The van der Waals surface area contributed by atoms with Crippen molar-refractivity contribution in [2.24, 2.45) is 0 Å². The summed E-state index contributed by atoms with van der Waals surface area (Å²) in [5.74, 6) is 2.12. The highest BCUT2D eigenvalue weighted by molar-refractivity contribution is 6.33. The number of hydrogen-bond donors (Lipinski definition) is 2. The molecule has 0 spiro atoms. The van der Waals surface area contributed by atoms with Crippen LogP contribution in [-0.4, -0.2) is 82.9 Å². The monoisotopic (exact) mass is 587 g/mol. The topological polar surface area (TPSA) is 132 Å². The molecule has 1 fully saturated rings. The zero-order valence-corrected chi connectivity index (χ0v) is 25.0. The molecule has 2 N–H and O–H groups in total. The lowest BCUT2D eigenvalue weighted by atomic mass is 10.0. The van der Waals surface area contributed by atoms with E-state index in [0.29, 0.717) is 84.5 Å². The van der Waals surface area contributed by atoms with E-state index in [2.05, 4.69) is 10.5 Å². The van der Waals surface area contributed by atoms with E-state index in [4.69, 9.17) is 40.3 Å². The number of morpholine rings is 1. The molecule has 0 saturated carbocycles. The average molecular weight is 588 g/mol. The maximum atomic E-state index is 12.5. The van der Waals surface area contributed by atoms with E-state index in [1.54, 1.807) is 30.0 Å². The van der Waals surface area contributed by atoms with Crippen LogP contribution in [0.4, 0.5) is 10.6 Å². The number of carbonyl (C=O) groups is 1. The smallest absolute Gasteiger partial charge is 0.410 e. The number of benzene rings is 1. The van der Waals surface area contributed by atoms with Crippen molar-refractivity contribution in [3.8, 4) is 28.4 Å². The van der Waals surface area contributed by atoms with E-state index >= 15 is 0 Å². The molecule has 3 aromatic rings. The van der Waals surface area contributed by atoms with Crippen molar-refractivity contribution < 1.29 is 28.6 Å². The second-order valence-electron chi connectivity index (χ2n) is 9.97. The third kappa shape index (κ3) is 7.27. The molecule has 1 aliphatic heterocycles. The van der Waals surface area contributed by atoms with Crippen LogP contribution in [0.1, 0.15) is 43.7 Å². The van der Waals surface area contributed by atoms with Crippen molar-refractivity contribution in [1.29, 1.82) is 0 Å². The number of aliphatic hydroxyl groups is 1. The number of nitrogens with one attached hydrogen (secondary N) is 1. The molecule has 0 aliphatic carbocycles. The molecule has 3 heterocycles. The van der Waals surface area contributed by atoms with Gasteiger partial charge in [-0.25, -0.2) is 14.8 Å². The minimum Gasteiger partial charge on any atom is -0.491 e. The first-order valence-electron chi connectivity index (χ1n) is 13.9. The summed E-state index contributed by atoms with van der Waals surface area (Å²) in [4.78, 5) is 24.0. The van der Waals surface area contributed by atoms with Gasteiger partial charge in [-0.15, -0.1) is 0 Å². The maximum Gasteiger partial charge on any atom is 0.410 e. The van der Waals surface area contributed by atoms with Crippen LogP contribution in [-0.2, 0) is 9.47 Å². The summed E-state index contributed by atoms with van der Waals surface area (Å²) in [5, 5.41) is 18.1. The first kappa shape index (κ1) is 30.5. The van der Waals surface area contributed by atoms with E-state index in [-0.39, 0.29) is 18.7 Å². The predicted octanol–water partition coefficient (Wildman–Crippen LogP) is 5.19. The van der Waals surface area contributed by atoms with Gasteiger partial charge in [-0.2, -0.15) is 0 Å². The van der Waals surface area contributed by atoms with Crippen molar-refractivity contribution in [3.05, 3.63) is 40.2 Å². The lowest BCUT2D eigenvalue weighted by molar-refractivity contribution is -0.00379. The van der Waals surface area contributed by atoms with Crippen LogP contribution in [0, 0.1) is 20.8 Å². The quantitative estimate of drug-likeness (QED) is 0.309. The fraction of sp³-hybridized carbons (Fsp3) is 0.517. The molecule has 0 bridgehead atoms.